The molecule has 0 aliphatic heterocycles. The van der Waals surface area contributed by atoms with Gasteiger partial charge in [0.25, 0.3) is 0 Å². The number of guanidine groups is 1. The molecule has 0 spiro atoms. The maximum atomic E-state index is 4.29. The van der Waals surface area contributed by atoms with Gasteiger partial charge in [0.2, 0.25) is 0 Å². The minimum absolute atomic E-state index is 0. The van der Waals surface area contributed by atoms with Crippen molar-refractivity contribution in [1.29, 1.82) is 0 Å². The second-order valence-corrected chi connectivity index (χ2v) is 5.91. The molecule has 0 aliphatic rings. The van der Waals surface area contributed by atoms with Crippen LogP contribution in [0.25, 0.3) is 0 Å². The lowest BCUT2D eigenvalue weighted by atomic mass is 10.0. The van der Waals surface area contributed by atoms with Crippen LogP contribution in [0.15, 0.2) is 35.3 Å². The monoisotopic (exact) mass is 404 g/mol. The molecular formula is C16H29IN4. The minimum atomic E-state index is 0. The van der Waals surface area contributed by atoms with E-state index in [1.165, 1.54) is 5.56 Å². The van der Waals surface area contributed by atoms with Gasteiger partial charge < -0.3 is 15.5 Å². The minimum Gasteiger partial charge on any atom is -0.355 e. The van der Waals surface area contributed by atoms with E-state index in [2.05, 4.69) is 79.7 Å². The van der Waals surface area contributed by atoms with Crippen LogP contribution < -0.4 is 10.6 Å². The number of nitrogens with zero attached hydrogens (tertiary/aromatic N) is 2. The third-order valence-corrected chi connectivity index (χ3v) is 3.78. The Morgan fingerprint density at radius 1 is 1.24 bits per heavy atom. The van der Waals surface area contributed by atoms with Gasteiger partial charge in [-0.3, -0.25) is 4.99 Å². The number of benzene rings is 1. The summed E-state index contributed by atoms with van der Waals surface area (Å²) in [4.78, 5) is 6.49. The highest BCUT2D eigenvalue weighted by Crippen LogP contribution is 2.11. The molecule has 0 aliphatic carbocycles. The summed E-state index contributed by atoms with van der Waals surface area (Å²) in [6.45, 7) is 7.38. The Labute approximate surface area is 146 Å². The molecule has 1 aromatic rings. The number of hydrogen-bond acceptors (Lipinski definition) is 2. The molecule has 1 rings (SSSR count). The second kappa shape index (κ2) is 9.25. The third kappa shape index (κ3) is 6.65. The van der Waals surface area contributed by atoms with E-state index < -0.39 is 0 Å². The quantitative estimate of drug-likeness (QED) is 0.451. The van der Waals surface area contributed by atoms with Crippen LogP contribution in [0.3, 0.4) is 0 Å². The van der Waals surface area contributed by atoms with Gasteiger partial charge in [-0.2, -0.15) is 0 Å². The number of likely N-dealkylation sites (N-methyl/N-ethyl adjacent to an activating group) is 1. The molecule has 21 heavy (non-hydrogen) atoms. The third-order valence-electron chi connectivity index (χ3n) is 3.78. The van der Waals surface area contributed by atoms with Gasteiger partial charge in [-0.25, -0.2) is 0 Å². The highest BCUT2D eigenvalue weighted by atomic mass is 127. The number of aliphatic imine (C=N–C) groups is 1. The van der Waals surface area contributed by atoms with E-state index in [4.69, 9.17) is 0 Å². The molecule has 0 radical (unpaired) electrons. The topological polar surface area (TPSA) is 39.7 Å². The first-order chi connectivity index (χ1) is 9.36. The summed E-state index contributed by atoms with van der Waals surface area (Å²) >= 11 is 0. The van der Waals surface area contributed by atoms with E-state index in [0.29, 0.717) is 0 Å². The van der Waals surface area contributed by atoms with Gasteiger partial charge in [0, 0.05) is 19.1 Å². The van der Waals surface area contributed by atoms with Crippen molar-refractivity contribution in [3.8, 4) is 0 Å². The summed E-state index contributed by atoms with van der Waals surface area (Å²) in [5.41, 5.74) is 1.33. The summed E-state index contributed by atoms with van der Waals surface area (Å²) in [7, 11) is 5.98. The number of halogens is 1. The van der Waals surface area contributed by atoms with E-state index in [9.17, 15) is 0 Å². The van der Waals surface area contributed by atoms with Gasteiger partial charge in [-0.15, -0.1) is 24.0 Å². The molecule has 0 aromatic heterocycles. The lowest BCUT2D eigenvalue weighted by molar-refractivity contribution is 0.197. The van der Waals surface area contributed by atoms with Crippen LogP contribution in [-0.2, 0) is 0 Å². The van der Waals surface area contributed by atoms with Crippen molar-refractivity contribution in [3.05, 3.63) is 35.9 Å². The van der Waals surface area contributed by atoms with Crippen molar-refractivity contribution in [2.75, 3.05) is 27.7 Å². The highest BCUT2D eigenvalue weighted by molar-refractivity contribution is 14.0. The number of hydrogen-bond donors (Lipinski definition) is 2. The Bertz CT molecular complexity index is 429. The van der Waals surface area contributed by atoms with Crippen molar-refractivity contribution >= 4 is 29.9 Å². The average molecular weight is 404 g/mol. The highest BCUT2D eigenvalue weighted by Gasteiger charge is 2.20. The Morgan fingerprint density at radius 2 is 1.81 bits per heavy atom. The molecule has 0 fully saturated rings. The maximum Gasteiger partial charge on any atom is 0.191 e. The average Bonchev–Trinajstić information content (AvgIpc) is 2.44. The van der Waals surface area contributed by atoms with Crippen LogP contribution in [0.1, 0.15) is 32.4 Å². The standard InChI is InChI=1S/C16H28N4.HI/c1-13(14-10-8-7-9-11-14)19-15(17-4)18-12-16(2,3)20(5)6;/h7-11,13H,12H2,1-6H3,(H2,17,18,19);1H. The molecule has 0 saturated heterocycles. The first-order valence-corrected chi connectivity index (χ1v) is 7.06. The van der Waals surface area contributed by atoms with Gasteiger partial charge in [0.15, 0.2) is 5.96 Å². The zero-order chi connectivity index (χ0) is 15.2. The summed E-state index contributed by atoms with van der Waals surface area (Å²) in [6.07, 6.45) is 0. The zero-order valence-electron chi connectivity index (χ0n) is 14.0. The van der Waals surface area contributed by atoms with E-state index in [0.717, 1.165) is 12.5 Å². The maximum absolute atomic E-state index is 4.29. The predicted molar refractivity (Wildman–Crippen MR) is 103 cm³/mol. The fraction of sp³-hybridized carbons (Fsp3) is 0.562. The van der Waals surface area contributed by atoms with Gasteiger partial charge in [-0.05, 0) is 40.4 Å². The van der Waals surface area contributed by atoms with Gasteiger partial charge in [-0.1, -0.05) is 30.3 Å². The number of rotatable bonds is 5. The SMILES string of the molecule is CN=C(NCC(C)(C)N(C)C)NC(C)c1ccccc1.I. The fourth-order valence-corrected chi connectivity index (χ4v) is 1.68. The van der Waals surface area contributed by atoms with Crippen molar-refractivity contribution in [3.63, 3.8) is 0 Å². The van der Waals surface area contributed by atoms with E-state index >= 15 is 0 Å². The largest absolute Gasteiger partial charge is 0.355 e. The first-order valence-electron chi connectivity index (χ1n) is 7.06. The summed E-state index contributed by atoms with van der Waals surface area (Å²) in [5, 5.41) is 6.80. The summed E-state index contributed by atoms with van der Waals surface area (Å²) in [6, 6.07) is 10.6. The molecule has 0 bridgehead atoms. The van der Waals surface area contributed by atoms with Crippen molar-refractivity contribution < 1.29 is 0 Å². The Morgan fingerprint density at radius 3 is 2.29 bits per heavy atom. The second-order valence-electron chi connectivity index (χ2n) is 5.91. The van der Waals surface area contributed by atoms with E-state index in [1.807, 2.05) is 6.07 Å². The molecule has 4 nitrogen and oxygen atoms in total. The van der Waals surface area contributed by atoms with Crippen LogP contribution in [0.4, 0.5) is 0 Å². The van der Waals surface area contributed by atoms with Gasteiger partial charge >= 0.3 is 0 Å². The van der Waals surface area contributed by atoms with Crippen LogP contribution in [0.5, 0.6) is 0 Å². The molecule has 0 saturated carbocycles. The van der Waals surface area contributed by atoms with Gasteiger partial charge in [0.05, 0.1) is 6.04 Å². The van der Waals surface area contributed by atoms with Gasteiger partial charge in [0.1, 0.15) is 0 Å². The predicted octanol–water partition coefficient (Wildman–Crippen LogP) is 2.87. The molecule has 120 valence electrons. The van der Waals surface area contributed by atoms with Crippen molar-refractivity contribution in [2.45, 2.75) is 32.4 Å². The van der Waals surface area contributed by atoms with Crippen LogP contribution in [0, 0.1) is 0 Å². The van der Waals surface area contributed by atoms with Crippen molar-refractivity contribution in [2.24, 2.45) is 4.99 Å². The van der Waals surface area contributed by atoms with Crippen LogP contribution in [-0.4, -0.2) is 44.1 Å². The fourth-order valence-electron chi connectivity index (χ4n) is 1.68. The summed E-state index contributed by atoms with van der Waals surface area (Å²) in [5.74, 6) is 0.830. The first kappa shape index (κ1) is 20.2. The Hall–Kier alpha value is -0.820. The zero-order valence-corrected chi connectivity index (χ0v) is 16.3. The molecular weight excluding hydrogens is 375 g/mol. The molecule has 0 amide bonds. The molecule has 1 unspecified atom stereocenters. The van der Waals surface area contributed by atoms with Crippen LogP contribution >= 0.6 is 24.0 Å². The number of nitrogens with one attached hydrogen (secondary N) is 2. The molecule has 1 atom stereocenters. The lowest BCUT2D eigenvalue weighted by Gasteiger charge is -2.33. The normalized spacial score (nSPS) is 13.6. The molecule has 5 heteroatoms. The van der Waals surface area contributed by atoms with E-state index in [-0.39, 0.29) is 35.6 Å². The van der Waals surface area contributed by atoms with Crippen LogP contribution in [0.2, 0.25) is 0 Å². The van der Waals surface area contributed by atoms with E-state index in [1.54, 1.807) is 7.05 Å². The lowest BCUT2D eigenvalue weighted by Crippen LogP contribution is -2.51. The molecule has 2 N–H and O–H groups in total. The molecule has 1 aromatic carbocycles. The van der Waals surface area contributed by atoms with Crippen molar-refractivity contribution in [1.82, 2.24) is 15.5 Å². The smallest absolute Gasteiger partial charge is 0.191 e. The Kier molecular flexibility index (Phi) is 8.89. The Balaban J connectivity index is 0.00000400. The molecule has 0 heterocycles. The summed E-state index contributed by atoms with van der Waals surface area (Å²) < 4.78 is 0.